The third-order valence-electron chi connectivity index (χ3n) is 4.82. The third-order valence-corrected chi connectivity index (χ3v) is 5.84. The molecule has 0 saturated carbocycles. The summed E-state index contributed by atoms with van der Waals surface area (Å²) < 4.78 is 45.9. The summed E-state index contributed by atoms with van der Waals surface area (Å²) in [6.45, 7) is 6.62. The first-order valence-corrected chi connectivity index (χ1v) is 11.1. The number of thioether (sulfide) groups is 1. The maximum Gasteiger partial charge on any atom is 0.416 e. The highest BCUT2D eigenvalue weighted by Gasteiger charge is 2.30. The number of nitrogens with zero attached hydrogens (tertiary/aromatic N) is 3. The fraction of sp³-hybridized carbons (Fsp3) is 0.348. The van der Waals surface area contributed by atoms with Crippen molar-refractivity contribution < 1.29 is 22.7 Å². The number of aromatic nitrogens is 3. The van der Waals surface area contributed by atoms with E-state index in [-0.39, 0.29) is 23.5 Å². The quantitative estimate of drug-likeness (QED) is 0.458. The van der Waals surface area contributed by atoms with Gasteiger partial charge in [0.25, 0.3) is 0 Å². The Morgan fingerprint density at radius 1 is 1.06 bits per heavy atom. The van der Waals surface area contributed by atoms with E-state index in [1.807, 2.05) is 24.3 Å². The van der Waals surface area contributed by atoms with E-state index in [9.17, 15) is 18.0 Å². The number of benzene rings is 2. The van der Waals surface area contributed by atoms with Gasteiger partial charge in [-0.3, -0.25) is 4.79 Å². The zero-order valence-electron chi connectivity index (χ0n) is 18.7. The lowest BCUT2D eigenvalue weighted by Crippen LogP contribution is -2.15. The zero-order valence-corrected chi connectivity index (χ0v) is 19.5. The van der Waals surface area contributed by atoms with E-state index in [1.54, 1.807) is 11.6 Å². The number of anilines is 1. The molecule has 0 aliphatic rings. The average molecular weight is 479 g/mol. The molecule has 1 aromatic heterocycles. The van der Waals surface area contributed by atoms with Crippen LogP contribution in [0.15, 0.2) is 53.7 Å². The standard InChI is InChI=1S/C23H25F3N4O2S/c1-22(2,3)15-8-10-18(11-9-15)32-13-19-28-29-21(30(19)4)33-14-20(31)27-17-7-5-6-16(12-17)23(24,25)26/h5-12H,13-14H2,1-4H3,(H,27,31). The molecule has 0 unspecified atom stereocenters. The van der Waals surface area contributed by atoms with Crippen molar-refractivity contribution in [2.45, 2.75) is 44.1 Å². The Bertz CT molecular complexity index is 1110. The average Bonchev–Trinajstić information content (AvgIpc) is 3.09. The Hall–Kier alpha value is -3.01. The minimum absolute atomic E-state index is 0.0304. The van der Waals surface area contributed by atoms with Gasteiger partial charge in [0, 0.05) is 12.7 Å². The van der Waals surface area contributed by atoms with Crippen molar-refractivity contribution in [1.29, 1.82) is 0 Å². The lowest BCUT2D eigenvalue weighted by atomic mass is 9.87. The summed E-state index contributed by atoms with van der Waals surface area (Å²) in [5, 5.41) is 11.1. The van der Waals surface area contributed by atoms with E-state index >= 15 is 0 Å². The summed E-state index contributed by atoms with van der Waals surface area (Å²) in [6, 6.07) is 12.4. The van der Waals surface area contributed by atoms with Crippen LogP contribution >= 0.6 is 11.8 Å². The van der Waals surface area contributed by atoms with E-state index in [1.165, 1.54) is 17.7 Å². The first kappa shape index (κ1) is 24.6. The molecule has 3 aromatic rings. The van der Waals surface area contributed by atoms with Crippen molar-refractivity contribution in [3.8, 4) is 5.75 Å². The van der Waals surface area contributed by atoms with Crippen LogP contribution in [0.25, 0.3) is 0 Å². The number of halogens is 3. The Balaban J connectivity index is 1.53. The van der Waals surface area contributed by atoms with Crippen LogP contribution in [0.2, 0.25) is 0 Å². The van der Waals surface area contributed by atoms with Gasteiger partial charge in [0.1, 0.15) is 12.4 Å². The number of rotatable bonds is 7. The topological polar surface area (TPSA) is 69.0 Å². The molecule has 6 nitrogen and oxygen atoms in total. The van der Waals surface area contributed by atoms with Gasteiger partial charge in [-0.15, -0.1) is 10.2 Å². The second-order valence-electron chi connectivity index (χ2n) is 8.44. The highest BCUT2D eigenvalue weighted by atomic mass is 32.2. The molecule has 0 fully saturated rings. The number of hydrogen-bond donors (Lipinski definition) is 1. The minimum atomic E-state index is -4.47. The molecule has 0 spiro atoms. The lowest BCUT2D eigenvalue weighted by Gasteiger charge is -2.19. The number of ether oxygens (including phenoxy) is 1. The van der Waals surface area contributed by atoms with E-state index in [4.69, 9.17) is 4.74 Å². The zero-order chi connectivity index (χ0) is 24.2. The minimum Gasteiger partial charge on any atom is -0.486 e. The van der Waals surface area contributed by atoms with Crippen molar-refractivity contribution in [2.24, 2.45) is 7.05 Å². The van der Waals surface area contributed by atoms with Crippen LogP contribution in [-0.4, -0.2) is 26.4 Å². The Morgan fingerprint density at radius 2 is 1.76 bits per heavy atom. The Labute approximate surface area is 194 Å². The van der Waals surface area contributed by atoms with Gasteiger partial charge in [-0.1, -0.05) is 50.7 Å². The molecule has 2 aromatic carbocycles. The maximum absolute atomic E-state index is 12.8. The predicted octanol–water partition coefficient (Wildman–Crippen LogP) is 5.44. The number of alkyl halides is 3. The summed E-state index contributed by atoms with van der Waals surface area (Å²) in [5.41, 5.74) is 0.524. The fourth-order valence-corrected chi connectivity index (χ4v) is 3.63. The highest BCUT2D eigenvalue weighted by Crippen LogP contribution is 2.31. The van der Waals surface area contributed by atoms with Gasteiger partial charge in [-0.2, -0.15) is 13.2 Å². The molecule has 1 heterocycles. The van der Waals surface area contributed by atoms with E-state index in [2.05, 4.69) is 36.3 Å². The van der Waals surface area contributed by atoms with Gasteiger partial charge in [-0.25, -0.2) is 0 Å². The second kappa shape index (κ2) is 9.86. The van der Waals surface area contributed by atoms with Crippen LogP contribution in [0, 0.1) is 0 Å². The molecule has 0 saturated heterocycles. The number of carbonyl (C=O) groups is 1. The fourth-order valence-electron chi connectivity index (χ4n) is 2.90. The molecule has 0 radical (unpaired) electrons. The molecule has 0 bridgehead atoms. The van der Waals surface area contributed by atoms with Crippen LogP contribution in [0.3, 0.4) is 0 Å². The predicted molar refractivity (Wildman–Crippen MR) is 121 cm³/mol. The molecule has 1 N–H and O–H groups in total. The van der Waals surface area contributed by atoms with Crippen LogP contribution in [0.4, 0.5) is 18.9 Å². The van der Waals surface area contributed by atoms with Gasteiger partial charge in [0.2, 0.25) is 5.91 Å². The molecule has 176 valence electrons. The molecular weight excluding hydrogens is 453 g/mol. The normalized spacial score (nSPS) is 12.0. The molecule has 1 amide bonds. The number of carbonyl (C=O) groups excluding carboxylic acids is 1. The molecular formula is C23H25F3N4O2S. The van der Waals surface area contributed by atoms with Gasteiger partial charge >= 0.3 is 6.18 Å². The summed E-state index contributed by atoms with van der Waals surface area (Å²) in [5.74, 6) is 0.813. The number of nitrogens with one attached hydrogen (secondary N) is 1. The van der Waals surface area contributed by atoms with E-state index in [0.29, 0.717) is 16.7 Å². The van der Waals surface area contributed by atoms with Crippen molar-refractivity contribution in [2.75, 3.05) is 11.1 Å². The van der Waals surface area contributed by atoms with Crippen molar-refractivity contribution >= 4 is 23.4 Å². The summed E-state index contributed by atoms with van der Waals surface area (Å²) in [4.78, 5) is 12.2. The Kier molecular flexibility index (Phi) is 7.36. The SMILES string of the molecule is Cn1c(COc2ccc(C(C)(C)C)cc2)nnc1SCC(=O)Nc1cccc(C(F)(F)F)c1. The molecule has 3 rings (SSSR count). The third kappa shape index (κ3) is 6.74. The van der Waals surface area contributed by atoms with Crippen LogP contribution < -0.4 is 10.1 Å². The van der Waals surface area contributed by atoms with Gasteiger partial charge in [0.15, 0.2) is 11.0 Å². The number of hydrogen-bond acceptors (Lipinski definition) is 5. The highest BCUT2D eigenvalue weighted by molar-refractivity contribution is 7.99. The molecule has 10 heteroatoms. The molecule has 0 aliphatic heterocycles. The van der Waals surface area contributed by atoms with Crippen LogP contribution in [-0.2, 0) is 30.0 Å². The van der Waals surface area contributed by atoms with Gasteiger partial charge < -0.3 is 14.6 Å². The van der Waals surface area contributed by atoms with Crippen molar-refractivity contribution in [3.63, 3.8) is 0 Å². The largest absolute Gasteiger partial charge is 0.486 e. The monoisotopic (exact) mass is 478 g/mol. The van der Waals surface area contributed by atoms with Crippen molar-refractivity contribution in [3.05, 3.63) is 65.5 Å². The van der Waals surface area contributed by atoms with E-state index in [0.717, 1.165) is 23.9 Å². The molecule has 33 heavy (non-hydrogen) atoms. The number of amides is 1. The van der Waals surface area contributed by atoms with E-state index < -0.39 is 17.6 Å². The van der Waals surface area contributed by atoms with Crippen LogP contribution in [0.1, 0.15) is 37.7 Å². The molecule has 0 atom stereocenters. The summed E-state index contributed by atoms with van der Waals surface area (Å²) in [6.07, 6.45) is -4.47. The van der Waals surface area contributed by atoms with Gasteiger partial charge in [-0.05, 0) is 41.3 Å². The first-order chi connectivity index (χ1) is 15.4. The summed E-state index contributed by atoms with van der Waals surface area (Å²) in [7, 11) is 1.76. The first-order valence-electron chi connectivity index (χ1n) is 10.1. The summed E-state index contributed by atoms with van der Waals surface area (Å²) >= 11 is 1.13. The Morgan fingerprint density at radius 3 is 2.39 bits per heavy atom. The lowest BCUT2D eigenvalue weighted by molar-refractivity contribution is -0.137. The smallest absolute Gasteiger partial charge is 0.416 e. The van der Waals surface area contributed by atoms with Gasteiger partial charge in [0.05, 0.1) is 11.3 Å². The molecule has 0 aliphatic carbocycles. The maximum atomic E-state index is 12.8. The van der Waals surface area contributed by atoms with Crippen molar-refractivity contribution in [1.82, 2.24) is 14.8 Å². The second-order valence-corrected chi connectivity index (χ2v) is 9.38. The van der Waals surface area contributed by atoms with Crippen LogP contribution in [0.5, 0.6) is 5.75 Å².